The second-order valence-corrected chi connectivity index (χ2v) is 3.80. The zero-order chi connectivity index (χ0) is 10.6. The maximum absolute atomic E-state index is 11.5. The van der Waals surface area contributed by atoms with E-state index in [1.807, 2.05) is 13.8 Å². The van der Waals surface area contributed by atoms with Crippen LogP contribution in [0.2, 0.25) is 0 Å². The van der Waals surface area contributed by atoms with Crippen molar-refractivity contribution in [2.45, 2.75) is 26.4 Å². The van der Waals surface area contributed by atoms with Gasteiger partial charge in [-0.1, -0.05) is 6.92 Å². The predicted octanol–water partition coefficient (Wildman–Crippen LogP) is 2.80. The highest BCUT2D eigenvalue weighted by atomic mass is 79.9. The molecule has 1 aromatic heterocycles. The molecule has 3 nitrogen and oxygen atoms in total. The molecule has 0 saturated carbocycles. The Morgan fingerprint density at radius 1 is 1.71 bits per heavy atom. The first-order chi connectivity index (χ1) is 6.63. The molecule has 0 amide bonds. The molecule has 4 heteroatoms. The lowest BCUT2D eigenvalue weighted by atomic mass is 10.2. The summed E-state index contributed by atoms with van der Waals surface area (Å²) in [5.74, 6) is -0.303. The number of aromatic nitrogens is 1. The van der Waals surface area contributed by atoms with Crippen molar-refractivity contribution in [3.8, 4) is 0 Å². The van der Waals surface area contributed by atoms with Gasteiger partial charge >= 0.3 is 5.97 Å². The molecule has 14 heavy (non-hydrogen) atoms. The third-order valence-electron chi connectivity index (χ3n) is 1.85. The van der Waals surface area contributed by atoms with Gasteiger partial charge in [0.15, 0.2) is 0 Å². The summed E-state index contributed by atoms with van der Waals surface area (Å²) in [5, 5.41) is 0. The molecule has 0 aliphatic heterocycles. The molecule has 1 unspecified atom stereocenters. The molecule has 0 fully saturated rings. The van der Waals surface area contributed by atoms with Crippen molar-refractivity contribution in [3.63, 3.8) is 0 Å². The average molecular weight is 258 g/mol. The fraction of sp³-hybridized carbons (Fsp3) is 0.400. The van der Waals surface area contributed by atoms with Crippen LogP contribution in [0.5, 0.6) is 0 Å². The molecule has 0 saturated heterocycles. The number of hydrogen-bond acceptors (Lipinski definition) is 3. The number of nitrogens with zero attached hydrogens (tertiary/aromatic N) is 1. The standard InChI is InChI=1S/C10H12BrNO2/c1-3-7(2)14-10(13)8-4-5-12-9(11)6-8/h4-7H,3H2,1-2H3. The van der Waals surface area contributed by atoms with Gasteiger partial charge in [0.05, 0.1) is 11.7 Å². The molecule has 0 radical (unpaired) electrons. The van der Waals surface area contributed by atoms with Crippen LogP contribution in [0.3, 0.4) is 0 Å². The molecule has 0 bridgehead atoms. The van der Waals surface area contributed by atoms with Crippen LogP contribution in [0.25, 0.3) is 0 Å². The summed E-state index contributed by atoms with van der Waals surface area (Å²) in [6.45, 7) is 3.84. The number of pyridine rings is 1. The highest BCUT2D eigenvalue weighted by molar-refractivity contribution is 9.10. The van der Waals surface area contributed by atoms with Crippen LogP contribution in [0.4, 0.5) is 0 Å². The first-order valence-electron chi connectivity index (χ1n) is 4.46. The average Bonchev–Trinajstić information content (AvgIpc) is 2.17. The molecular weight excluding hydrogens is 246 g/mol. The van der Waals surface area contributed by atoms with Crippen molar-refractivity contribution in [1.29, 1.82) is 0 Å². The highest BCUT2D eigenvalue weighted by Gasteiger charge is 2.10. The minimum absolute atomic E-state index is 0.0468. The minimum atomic E-state index is -0.303. The van der Waals surface area contributed by atoms with Crippen molar-refractivity contribution in [1.82, 2.24) is 4.98 Å². The Kier molecular flexibility index (Phi) is 4.07. The van der Waals surface area contributed by atoms with E-state index in [1.165, 1.54) is 0 Å². The van der Waals surface area contributed by atoms with Crippen molar-refractivity contribution in [2.24, 2.45) is 0 Å². The van der Waals surface area contributed by atoms with E-state index < -0.39 is 0 Å². The van der Waals surface area contributed by atoms with Gasteiger partial charge in [-0.2, -0.15) is 0 Å². The summed E-state index contributed by atoms with van der Waals surface area (Å²) in [6, 6.07) is 3.28. The number of halogens is 1. The molecule has 1 atom stereocenters. The largest absolute Gasteiger partial charge is 0.459 e. The Bertz CT molecular complexity index is 328. The molecule has 0 aromatic carbocycles. The van der Waals surface area contributed by atoms with Crippen LogP contribution in [0.15, 0.2) is 22.9 Å². The fourth-order valence-electron chi connectivity index (χ4n) is 0.864. The molecule has 0 spiro atoms. The SMILES string of the molecule is CCC(C)OC(=O)c1ccnc(Br)c1. The maximum Gasteiger partial charge on any atom is 0.338 e. The summed E-state index contributed by atoms with van der Waals surface area (Å²) < 4.78 is 5.79. The molecule has 1 rings (SSSR count). The van der Waals surface area contributed by atoms with Crippen LogP contribution in [-0.4, -0.2) is 17.1 Å². The van der Waals surface area contributed by atoms with E-state index >= 15 is 0 Å². The van der Waals surface area contributed by atoms with Crippen molar-refractivity contribution in [3.05, 3.63) is 28.5 Å². The van der Waals surface area contributed by atoms with Crippen LogP contribution < -0.4 is 0 Å². The number of rotatable bonds is 3. The van der Waals surface area contributed by atoms with E-state index in [0.29, 0.717) is 10.2 Å². The van der Waals surface area contributed by atoms with Crippen LogP contribution in [0, 0.1) is 0 Å². The number of esters is 1. The predicted molar refractivity (Wildman–Crippen MR) is 57.1 cm³/mol. The third-order valence-corrected chi connectivity index (χ3v) is 2.28. The molecule has 0 N–H and O–H groups in total. The monoisotopic (exact) mass is 257 g/mol. The van der Waals surface area contributed by atoms with Crippen molar-refractivity contribution >= 4 is 21.9 Å². The van der Waals surface area contributed by atoms with Crippen molar-refractivity contribution < 1.29 is 9.53 Å². The maximum atomic E-state index is 11.5. The lowest BCUT2D eigenvalue weighted by Crippen LogP contribution is -2.14. The summed E-state index contributed by atoms with van der Waals surface area (Å²) in [6.07, 6.45) is 2.34. The van der Waals surface area contributed by atoms with Gasteiger partial charge in [0.25, 0.3) is 0 Å². The summed E-state index contributed by atoms with van der Waals surface area (Å²) in [4.78, 5) is 15.4. The molecule has 1 heterocycles. The number of carbonyl (C=O) groups excluding carboxylic acids is 1. The van der Waals surface area contributed by atoms with E-state index in [2.05, 4.69) is 20.9 Å². The van der Waals surface area contributed by atoms with Gasteiger partial charge in [-0.05, 0) is 41.4 Å². The Balaban J connectivity index is 2.70. The van der Waals surface area contributed by atoms with E-state index in [9.17, 15) is 4.79 Å². The Labute approximate surface area is 91.6 Å². The third kappa shape index (κ3) is 3.10. The van der Waals surface area contributed by atoms with E-state index in [4.69, 9.17) is 4.74 Å². The van der Waals surface area contributed by atoms with Crippen LogP contribution in [-0.2, 0) is 4.74 Å². The highest BCUT2D eigenvalue weighted by Crippen LogP contribution is 2.10. The topological polar surface area (TPSA) is 39.2 Å². The second kappa shape index (κ2) is 5.10. The van der Waals surface area contributed by atoms with E-state index in [-0.39, 0.29) is 12.1 Å². The Morgan fingerprint density at radius 3 is 3.00 bits per heavy atom. The van der Waals surface area contributed by atoms with Crippen molar-refractivity contribution in [2.75, 3.05) is 0 Å². The fourth-order valence-corrected chi connectivity index (χ4v) is 1.23. The van der Waals surface area contributed by atoms with Gasteiger partial charge in [0.2, 0.25) is 0 Å². The summed E-state index contributed by atoms with van der Waals surface area (Å²) in [7, 11) is 0. The lowest BCUT2D eigenvalue weighted by molar-refractivity contribution is 0.0334. The van der Waals surface area contributed by atoms with Gasteiger partial charge in [-0.3, -0.25) is 0 Å². The van der Waals surface area contributed by atoms with E-state index in [1.54, 1.807) is 18.3 Å². The molecular formula is C10H12BrNO2. The Hall–Kier alpha value is -0.900. The minimum Gasteiger partial charge on any atom is -0.459 e. The molecule has 1 aromatic rings. The first-order valence-corrected chi connectivity index (χ1v) is 5.25. The molecule has 76 valence electrons. The van der Waals surface area contributed by atoms with Gasteiger partial charge in [-0.15, -0.1) is 0 Å². The summed E-state index contributed by atoms with van der Waals surface area (Å²) >= 11 is 3.19. The van der Waals surface area contributed by atoms with E-state index in [0.717, 1.165) is 6.42 Å². The summed E-state index contributed by atoms with van der Waals surface area (Å²) in [5.41, 5.74) is 0.521. The van der Waals surface area contributed by atoms with Gasteiger partial charge in [-0.25, -0.2) is 9.78 Å². The first kappa shape index (κ1) is 11.2. The smallest absolute Gasteiger partial charge is 0.338 e. The van der Waals surface area contributed by atoms with Crippen LogP contribution in [0.1, 0.15) is 30.6 Å². The second-order valence-electron chi connectivity index (χ2n) is 2.99. The zero-order valence-corrected chi connectivity index (χ0v) is 9.74. The zero-order valence-electron chi connectivity index (χ0n) is 8.16. The number of carbonyl (C=O) groups is 1. The van der Waals surface area contributed by atoms with Crippen LogP contribution >= 0.6 is 15.9 Å². The van der Waals surface area contributed by atoms with Gasteiger partial charge < -0.3 is 4.74 Å². The number of hydrogen-bond donors (Lipinski definition) is 0. The molecule has 0 aliphatic rings. The van der Waals surface area contributed by atoms with Gasteiger partial charge in [0.1, 0.15) is 4.60 Å². The lowest BCUT2D eigenvalue weighted by Gasteiger charge is -2.10. The number of ether oxygens (including phenoxy) is 1. The van der Waals surface area contributed by atoms with Gasteiger partial charge in [0, 0.05) is 6.20 Å². The Morgan fingerprint density at radius 2 is 2.43 bits per heavy atom. The molecule has 0 aliphatic carbocycles. The normalized spacial score (nSPS) is 12.2. The quantitative estimate of drug-likeness (QED) is 0.618.